The predicted molar refractivity (Wildman–Crippen MR) is 89.0 cm³/mol. The molecule has 2 aliphatic rings. The van der Waals surface area contributed by atoms with E-state index in [9.17, 15) is 10.2 Å². The molecule has 2 heterocycles. The van der Waals surface area contributed by atoms with Gasteiger partial charge in [0.2, 0.25) is 0 Å². The molecule has 3 nitrogen and oxygen atoms in total. The maximum atomic E-state index is 9.94. The van der Waals surface area contributed by atoms with Crippen LogP contribution < -0.4 is 5.32 Å². The number of nitrogens with one attached hydrogen (secondary N) is 1. The lowest BCUT2D eigenvalue weighted by Gasteiger charge is -2.38. The van der Waals surface area contributed by atoms with Crippen molar-refractivity contribution in [1.82, 2.24) is 5.32 Å². The third-order valence-electron chi connectivity index (χ3n) is 4.99. The molecule has 0 amide bonds. The second-order valence-corrected chi connectivity index (χ2v) is 7.89. The Morgan fingerprint density at radius 2 is 1.91 bits per heavy atom. The Kier molecular flexibility index (Phi) is 3.20. The van der Waals surface area contributed by atoms with Gasteiger partial charge in [-0.2, -0.15) is 0 Å². The summed E-state index contributed by atoms with van der Waals surface area (Å²) in [6, 6.07) is 6.30. The third kappa shape index (κ3) is 2.05. The van der Waals surface area contributed by atoms with Gasteiger partial charge in [-0.05, 0) is 53.6 Å². The normalized spacial score (nSPS) is 23.0. The van der Waals surface area contributed by atoms with Gasteiger partial charge in [-0.15, -0.1) is 11.3 Å². The van der Waals surface area contributed by atoms with Crippen LogP contribution in [-0.2, 0) is 13.0 Å². The van der Waals surface area contributed by atoms with Crippen LogP contribution in [-0.4, -0.2) is 16.3 Å². The van der Waals surface area contributed by atoms with Crippen molar-refractivity contribution in [3.8, 4) is 11.5 Å². The minimum Gasteiger partial charge on any atom is -0.504 e. The average Bonchev–Trinajstić information content (AvgIpc) is 2.92. The summed E-state index contributed by atoms with van der Waals surface area (Å²) in [7, 11) is 0. The average molecular weight is 315 g/mol. The molecule has 116 valence electrons. The molecule has 0 unspecified atom stereocenters. The Morgan fingerprint density at radius 1 is 1.14 bits per heavy atom. The van der Waals surface area contributed by atoms with E-state index in [0.29, 0.717) is 17.9 Å². The first-order valence-corrected chi connectivity index (χ1v) is 8.77. The second kappa shape index (κ2) is 5.00. The third-order valence-corrected chi connectivity index (χ3v) is 6.44. The van der Waals surface area contributed by atoms with Gasteiger partial charge >= 0.3 is 0 Å². The first-order valence-electron chi connectivity index (χ1n) is 7.95. The summed E-state index contributed by atoms with van der Waals surface area (Å²) >= 11 is 1.91. The zero-order valence-electron chi connectivity index (χ0n) is 12.9. The number of phenolic OH excluding ortho intramolecular Hbond substituents is 2. The number of benzene rings is 1. The van der Waals surface area contributed by atoms with Crippen molar-refractivity contribution >= 4 is 11.3 Å². The fourth-order valence-corrected chi connectivity index (χ4v) is 4.98. The summed E-state index contributed by atoms with van der Waals surface area (Å²) in [6.07, 6.45) is 2.03. The van der Waals surface area contributed by atoms with Gasteiger partial charge in [0.25, 0.3) is 0 Å². The lowest BCUT2D eigenvalue weighted by atomic mass is 9.74. The van der Waals surface area contributed by atoms with Gasteiger partial charge in [0.15, 0.2) is 11.5 Å². The molecule has 0 saturated carbocycles. The predicted octanol–water partition coefficient (Wildman–Crippen LogP) is 3.83. The van der Waals surface area contributed by atoms with E-state index in [4.69, 9.17) is 0 Å². The van der Waals surface area contributed by atoms with Crippen molar-refractivity contribution < 1.29 is 10.2 Å². The van der Waals surface area contributed by atoms with Gasteiger partial charge in [0.1, 0.15) is 0 Å². The van der Waals surface area contributed by atoms with E-state index in [1.54, 1.807) is 12.1 Å². The van der Waals surface area contributed by atoms with E-state index in [2.05, 4.69) is 25.2 Å². The van der Waals surface area contributed by atoms with Crippen molar-refractivity contribution in [2.45, 2.75) is 51.1 Å². The highest BCUT2D eigenvalue weighted by molar-refractivity contribution is 7.12. The molecule has 0 fully saturated rings. The summed E-state index contributed by atoms with van der Waals surface area (Å²) in [6.45, 7) is 5.43. The molecule has 3 N–H and O–H groups in total. The molecular weight excluding hydrogens is 294 g/mol. The maximum Gasteiger partial charge on any atom is 0.157 e. The van der Waals surface area contributed by atoms with Crippen LogP contribution in [0.15, 0.2) is 18.2 Å². The minimum atomic E-state index is -0.00849. The van der Waals surface area contributed by atoms with Crippen LogP contribution in [0.1, 0.15) is 58.5 Å². The topological polar surface area (TPSA) is 52.5 Å². The van der Waals surface area contributed by atoms with E-state index < -0.39 is 0 Å². The highest BCUT2D eigenvalue weighted by Crippen LogP contribution is 2.46. The van der Waals surface area contributed by atoms with Crippen molar-refractivity contribution in [3.05, 3.63) is 44.6 Å². The van der Waals surface area contributed by atoms with E-state index in [-0.39, 0.29) is 11.5 Å². The molecule has 0 bridgehead atoms. The quantitative estimate of drug-likeness (QED) is 0.701. The lowest BCUT2D eigenvalue weighted by molar-refractivity contribution is 0.382. The molecule has 22 heavy (non-hydrogen) atoms. The summed E-state index contributed by atoms with van der Waals surface area (Å²) in [5, 5.41) is 23.4. The molecule has 4 heteroatoms. The summed E-state index contributed by atoms with van der Waals surface area (Å²) in [5.74, 6) is 0.827. The first-order chi connectivity index (χ1) is 10.5. The molecule has 4 rings (SSSR count). The zero-order valence-corrected chi connectivity index (χ0v) is 13.7. The Morgan fingerprint density at radius 3 is 2.68 bits per heavy atom. The number of aryl methyl sites for hydroxylation is 1. The number of thiophene rings is 1. The Balaban J connectivity index is 1.87. The highest BCUT2D eigenvalue weighted by atomic mass is 32.1. The van der Waals surface area contributed by atoms with Gasteiger partial charge < -0.3 is 15.5 Å². The molecule has 1 aliphatic carbocycles. The highest BCUT2D eigenvalue weighted by Gasteiger charge is 2.36. The standard InChI is InChI=1S/C18H21NO2S/c1-9(2)16-7-12-17(22-16)8-19-13-4-3-10-5-14(20)15(21)6-11(10)18(12)13/h5-7,9,13,18-21H,3-4,8H2,1-2H3/t13-,18+/m1/s1. The van der Waals surface area contributed by atoms with E-state index in [1.165, 1.54) is 26.4 Å². The molecule has 1 aromatic heterocycles. The molecule has 2 atom stereocenters. The molecule has 1 aromatic carbocycles. The van der Waals surface area contributed by atoms with E-state index in [1.807, 2.05) is 11.3 Å². The number of rotatable bonds is 1. The van der Waals surface area contributed by atoms with Crippen LogP contribution in [0.25, 0.3) is 0 Å². The zero-order chi connectivity index (χ0) is 15.4. The van der Waals surface area contributed by atoms with Gasteiger partial charge in [-0.25, -0.2) is 0 Å². The van der Waals surface area contributed by atoms with Crippen molar-refractivity contribution in [3.63, 3.8) is 0 Å². The van der Waals surface area contributed by atoms with Gasteiger partial charge in [-0.1, -0.05) is 13.8 Å². The van der Waals surface area contributed by atoms with Crippen molar-refractivity contribution in [2.24, 2.45) is 0 Å². The maximum absolute atomic E-state index is 9.94. The Labute approximate surface area is 134 Å². The van der Waals surface area contributed by atoms with Crippen molar-refractivity contribution in [1.29, 1.82) is 0 Å². The SMILES string of the molecule is CC(C)c1cc2c(s1)CN[C@@H]1CCc3cc(O)c(O)cc3[C@@H]21. The van der Waals surface area contributed by atoms with Crippen LogP contribution in [0.3, 0.4) is 0 Å². The van der Waals surface area contributed by atoms with Gasteiger partial charge in [0, 0.05) is 28.3 Å². The lowest BCUT2D eigenvalue weighted by Crippen LogP contribution is -2.41. The summed E-state index contributed by atoms with van der Waals surface area (Å²) in [5.41, 5.74) is 3.76. The fraction of sp³-hybridized carbons (Fsp3) is 0.444. The number of hydrogen-bond donors (Lipinski definition) is 3. The molecule has 1 aliphatic heterocycles. The summed E-state index contributed by atoms with van der Waals surface area (Å²) in [4.78, 5) is 2.85. The molecular formula is C18H21NO2S. The van der Waals surface area contributed by atoms with Crippen LogP contribution in [0, 0.1) is 0 Å². The smallest absolute Gasteiger partial charge is 0.157 e. The number of hydrogen-bond acceptors (Lipinski definition) is 4. The van der Waals surface area contributed by atoms with Gasteiger partial charge in [-0.3, -0.25) is 0 Å². The monoisotopic (exact) mass is 315 g/mol. The second-order valence-electron chi connectivity index (χ2n) is 6.73. The van der Waals surface area contributed by atoms with Crippen LogP contribution in [0.4, 0.5) is 0 Å². The Bertz CT molecular complexity index is 735. The first kappa shape index (κ1) is 14.1. The molecule has 0 saturated heterocycles. The van der Waals surface area contributed by atoms with E-state index in [0.717, 1.165) is 19.4 Å². The molecule has 0 spiro atoms. The molecule has 0 radical (unpaired) electrons. The number of phenols is 2. The summed E-state index contributed by atoms with van der Waals surface area (Å²) < 4.78 is 0. The van der Waals surface area contributed by atoms with Crippen LogP contribution >= 0.6 is 11.3 Å². The number of fused-ring (bicyclic) bond motifs is 5. The number of aromatic hydroxyl groups is 2. The largest absolute Gasteiger partial charge is 0.504 e. The van der Waals surface area contributed by atoms with E-state index >= 15 is 0 Å². The minimum absolute atomic E-state index is 0.00520. The van der Waals surface area contributed by atoms with Crippen molar-refractivity contribution in [2.75, 3.05) is 0 Å². The molecule has 2 aromatic rings. The Hall–Kier alpha value is -1.52. The van der Waals surface area contributed by atoms with Gasteiger partial charge in [0.05, 0.1) is 0 Å². The fourth-order valence-electron chi connectivity index (χ4n) is 3.81. The van der Waals surface area contributed by atoms with Crippen LogP contribution in [0.5, 0.6) is 11.5 Å². The van der Waals surface area contributed by atoms with Crippen LogP contribution in [0.2, 0.25) is 0 Å².